The number of aromatic nitrogens is 4. The highest BCUT2D eigenvalue weighted by Gasteiger charge is 2.38. The van der Waals surface area contributed by atoms with E-state index in [2.05, 4.69) is 15.3 Å². The second kappa shape index (κ2) is 8.38. The molecular formula is C22H20F6N6O. The molecule has 0 aliphatic carbocycles. The van der Waals surface area contributed by atoms with Gasteiger partial charge in [0.05, 0.1) is 5.56 Å². The topological polar surface area (TPSA) is 66.6 Å². The molecule has 35 heavy (non-hydrogen) atoms. The molecule has 7 nitrogen and oxygen atoms in total. The highest BCUT2D eigenvalue weighted by molar-refractivity contribution is 5.96. The highest BCUT2D eigenvalue weighted by Crippen LogP contribution is 2.36. The number of anilines is 2. The minimum Gasteiger partial charge on any atom is -0.355 e. The predicted molar refractivity (Wildman–Crippen MR) is 113 cm³/mol. The van der Waals surface area contributed by atoms with Crippen molar-refractivity contribution in [1.29, 1.82) is 0 Å². The number of alkyl halides is 6. The predicted octanol–water partition coefficient (Wildman–Crippen LogP) is 4.36. The van der Waals surface area contributed by atoms with Crippen LogP contribution in [-0.2, 0) is 23.6 Å². The summed E-state index contributed by atoms with van der Waals surface area (Å²) in [5.74, 6) is -1.38. The number of rotatable bonds is 2. The number of nitrogens with zero attached hydrogens (tertiary/aromatic N) is 6. The van der Waals surface area contributed by atoms with E-state index in [1.165, 1.54) is 12.1 Å². The molecule has 0 spiro atoms. The molecule has 13 heteroatoms. The lowest BCUT2D eigenvalue weighted by molar-refractivity contribution is -0.146. The lowest BCUT2D eigenvalue weighted by Gasteiger charge is -2.37. The van der Waals surface area contributed by atoms with E-state index in [0.29, 0.717) is 66.9 Å². The molecular weight excluding hydrogens is 478 g/mol. The minimum absolute atomic E-state index is 0.0245. The monoisotopic (exact) mass is 498 g/mol. The first kappa shape index (κ1) is 23.4. The Kier molecular flexibility index (Phi) is 5.59. The number of carbonyl (C=O) groups excluding carboxylic acids is 1. The van der Waals surface area contributed by atoms with Gasteiger partial charge in [-0.15, -0.1) is 15.3 Å². The van der Waals surface area contributed by atoms with Gasteiger partial charge in [-0.25, -0.2) is 0 Å². The number of hydrogen-bond acceptors (Lipinski definition) is 5. The molecule has 4 heterocycles. The first-order valence-electron chi connectivity index (χ1n) is 11.1. The van der Waals surface area contributed by atoms with Crippen molar-refractivity contribution in [2.24, 2.45) is 5.92 Å². The Labute approximate surface area is 195 Å². The van der Waals surface area contributed by atoms with Crippen molar-refractivity contribution >= 4 is 23.1 Å². The fraction of sp³-hybridized carbons (Fsp3) is 0.455. The van der Waals surface area contributed by atoms with Crippen LogP contribution in [0.15, 0.2) is 30.3 Å². The summed E-state index contributed by atoms with van der Waals surface area (Å²) in [5.41, 5.74) is 0.258. The van der Waals surface area contributed by atoms with Crippen molar-refractivity contribution < 1.29 is 31.1 Å². The molecule has 1 fully saturated rings. The third-order valence-electron chi connectivity index (χ3n) is 6.46. The van der Waals surface area contributed by atoms with E-state index in [1.807, 2.05) is 0 Å². The van der Waals surface area contributed by atoms with Crippen molar-refractivity contribution in [3.05, 3.63) is 47.3 Å². The molecule has 1 amide bonds. The molecule has 0 bridgehead atoms. The van der Waals surface area contributed by atoms with Gasteiger partial charge in [0.2, 0.25) is 5.91 Å². The number of carbonyl (C=O) groups is 1. The number of aryl methyl sites for hydroxylation is 1. The molecule has 0 saturated carbocycles. The van der Waals surface area contributed by atoms with Crippen LogP contribution in [0.3, 0.4) is 0 Å². The molecule has 2 aromatic heterocycles. The zero-order chi connectivity index (χ0) is 25.0. The Bertz CT molecular complexity index is 1260. The zero-order valence-corrected chi connectivity index (χ0v) is 18.3. The van der Waals surface area contributed by atoms with Gasteiger partial charge in [0.15, 0.2) is 5.65 Å². The molecule has 0 N–H and O–H groups in total. The van der Waals surface area contributed by atoms with Crippen molar-refractivity contribution in [2.45, 2.75) is 38.0 Å². The Balaban J connectivity index is 1.30. The Morgan fingerprint density at radius 1 is 0.914 bits per heavy atom. The molecule has 186 valence electrons. The van der Waals surface area contributed by atoms with Crippen molar-refractivity contribution in [1.82, 2.24) is 19.8 Å². The maximum Gasteiger partial charge on any atom is 0.453 e. The first-order valence-corrected chi connectivity index (χ1v) is 11.1. The van der Waals surface area contributed by atoms with E-state index >= 15 is 0 Å². The fourth-order valence-electron chi connectivity index (χ4n) is 4.70. The molecule has 2 aliphatic heterocycles. The number of benzene rings is 1. The van der Waals surface area contributed by atoms with Gasteiger partial charge in [-0.05, 0) is 61.6 Å². The summed E-state index contributed by atoms with van der Waals surface area (Å²) in [5, 5.41) is 10.7. The fourth-order valence-corrected chi connectivity index (χ4v) is 4.70. The summed E-state index contributed by atoms with van der Waals surface area (Å²) in [4.78, 5) is 16.6. The average molecular weight is 498 g/mol. The Morgan fingerprint density at radius 3 is 2.34 bits per heavy atom. The van der Waals surface area contributed by atoms with Crippen molar-refractivity contribution in [3.8, 4) is 0 Å². The van der Waals surface area contributed by atoms with Crippen LogP contribution in [0.4, 0.5) is 37.8 Å². The largest absolute Gasteiger partial charge is 0.453 e. The third kappa shape index (κ3) is 4.39. The van der Waals surface area contributed by atoms with E-state index in [4.69, 9.17) is 0 Å². The normalized spacial score (nSPS) is 17.7. The lowest BCUT2D eigenvalue weighted by Crippen LogP contribution is -2.44. The summed E-state index contributed by atoms with van der Waals surface area (Å²) in [6, 6.07) is 6.43. The first-order chi connectivity index (χ1) is 16.5. The summed E-state index contributed by atoms with van der Waals surface area (Å²) in [6.45, 7) is 1.22. The van der Waals surface area contributed by atoms with Crippen LogP contribution in [0.25, 0.3) is 5.65 Å². The molecule has 2 aliphatic rings. The maximum absolute atomic E-state index is 13.3. The molecule has 5 rings (SSSR count). The van der Waals surface area contributed by atoms with Crippen molar-refractivity contribution in [3.63, 3.8) is 0 Å². The van der Waals surface area contributed by atoms with Crippen LogP contribution in [0.1, 0.15) is 36.2 Å². The smallest absolute Gasteiger partial charge is 0.355 e. The summed E-state index contributed by atoms with van der Waals surface area (Å²) in [7, 11) is 0. The van der Waals surface area contributed by atoms with E-state index in [9.17, 15) is 31.1 Å². The van der Waals surface area contributed by atoms with Gasteiger partial charge < -0.3 is 9.80 Å². The third-order valence-corrected chi connectivity index (χ3v) is 6.46. The van der Waals surface area contributed by atoms with Crippen LogP contribution in [0, 0.1) is 5.92 Å². The van der Waals surface area contributed by atoms with Gasteiger partial charge in [0.25, 0.3) is 5.82 Å². The Hall–Kier alpha value is -3.38. The van der Waals surface area contributed by atoms with Crippen molar-refractivity contribution in [2.75, 3.05) is 29.4 Å². The molecule has 1 saturated heterocycles. The van der Waals surface area contributed by atoms with E-state index < -0.39 is 23.7 Å². The number of hydrogen-bond donors (Lipinski definition) is 0. The van der Waals surface area contributed by atoms with Gasteiger partial charge >= 0.3 is 12.4 Å². The number of amides is 1. The van der Waals surface area contributed by atoms with Crippen LogP contribution in [0.5, 0.6) is 0 Å². The van der Waals surface area contributed by atoms with Crippen LogP contribution >= 0.6 is 0 Å². The highest BCUT2D eigenvalue weighted by atomic mass is 19.4. The van der Waals surface area contributed by atoms with E-state index in [-0.39, 0.29) is 17.5 Å². The quantitative estimate of drug-likeness (QED) is 0.492. The molecule has 0 atom stereocenters. The van der Waals surface area contributed by atoms with Gasteiger partial charge in [0, 0.05) is 31.2 Å². The second-order valence-electron chi connectivity index (χ2n) is 8.68. The van der Waals surface area contributed by atoms with Crippen LogP contribution in [0.2, 0.25) is 0 Å². The zero-order valence-electron chi connectivity index (χ0n) is 18.3. The van der Waals surface area contributed by atoms with E-state index in [0.717, 1.165) is 12.1 Å². The number of fused-ring (bicyclic) bond motifs is 2. The summed E-state index contributed by atoms with van der Waals surface area (Å²) < 4.78 is 79.3. The molecule has 1 aromatic carbocycles. The van der Waals surface area contributed by atoms with Gasteiger partial charge in [-0.2, -0.15) is 30.9 Å². The van der Waals surface area contributed by atoms with Crippen LogP contribution in [-0.4, -0.2) is 45.4 Å². The lowest BCUT2D eigenvalue weighted by atomic mass is 9.92. The SMILES string of the molecule is O=C(C1CCN(c2ccc3nnc(C(F)(F)F)n3n2)CC1)N1CCCc2cc(C(F)(F)F)ccc21. The van der Waals surface area contributed by atoms with Crippen LogP contribution < -0.4 is 9.80 Å². The second-order valence-corrected chi connectivity index (χ2v) is 8.68. The number of halogens is 6. The molecule has 3 aromatic rings. The Morgan fingerprint density at radius 2 is 1.66 bits per heavy atom. The maximum atomic E-state index is 13.3. The summed E-state index contributed by atoms with van der Waals surface area (Å²) >= 11 is 0. The average Bonchev–Trinajstić information content (AvgIpc) is 3.26. The van der Waals surface area contributed by atoms with Gasteiger partial charge in [0.1, 0.15) is 5.82 Å². The molecule has 0 unspecified atom stereocenters. The summed E-state index contributed by atoms with van der Waals surface area (Å²) in [6.07, 6.45) is -7.21. The minimum atomic E-state index is -4.70. The molecule has 0 radical (unpaired) electrons. The standard InChI is InChI=1S/C22H20F6N6O/c23-21(24,25)15-3-4-16-14(12-15)2-1-9-33(16)19(35)13-7-10-32(11-8-13)18-6-5-17-29-30-20(22(26,27)28)34(17)31-18/h3-6,12-13H,1-2,7-11H2. The van der Waals surface area contributed by atoms with E-state index in [1.54, 1.807) is 15.9 Å². The van der Waals surface area contributed by atoms with Gasteiger partial charge in [-0.3, -0.25) is 4.79 Å². The van der Waals surface area contributed by atoms with Gasteiger partial charge in [-0.1, -0.05) is 0 Å². The number of piperidine rings is 1.